The van der Waals surface area contributed by atoms with Gasteiger partial charge >= 0.3 is 0 Å². The first-order valence-electron chi connectivity index (χ1n) is 10.8. The number of benzene rings is 2. The van der Waals surface area contributed by atoms with Gasteiger partial charge in [-0.15, -0.1) is 0 Å². The zero-order chi connectivity index (χ0) is 24.4. The molecule has 6 nitrogen and oxygen atoms in total. The quantitative estimate of drug-likeness (QED) is 0.424. The lowest BCUT2D eigenvalue weighted by atomic mass is 10.0. The summed E-state index contributed by atoms with van der Waals surface area (Å²) in [5.41, 5.74) is 3.42. The largest absolute Gasteiger partial charge is 0.340 e. The molecule has 2 N–H and O–H groups in total. The summed E-state index contributed by atoms with van der Waals surface area (Å²) in [5.74, 6) is -3.77. The number of rotatable bonds is 6. The van der Waals surface area contributed by atoms with Crippen molar-refractivity contribution in [1.82, 2.24) is 14.7 Å². The van der Waals surface area contributed by atoms with E-state index in [9.17, 15) is 18.4 Å². The summed E-state index contributed by atoms with van der Waals surface area (Å²) in [6.07, 6.45) is 3.86. The van der Waals surface area contributed by atoms with Gasteiger partial charge in [-0.1, -0.05) is 38.1 Å². The fraction of sp³-hybridized carbons (Fsp3) is 0.192. The smallest absolute Gasteiger partial charge is 0.257 e. The highest BCUT2D eigenvalue weighted by Crippen LogP contribution is 2.23. The van der Waals surface area contributed by atoms with Crippen LogP contribution in [-0.2, 0) is 4.79 Å². The van der Waals surface area contributed by atoms with Gasteiger partial charge in [0.1, 0.15) is 28.9 Å². The predicted molar refractivity (Wildman–Crippen MR) is 126 cm³/mol. The average Bonchev–Trinajstić information content (AvgIpc) is 3.23. The molecule has 2 aromatic heterocycles. The molecular formula is C26H24F2N4O2. The van der Waals surface area contributed by atoms with Crippen LogP contribution in [0, 0.1) is 24.5 Å². The number of nitrogens with one attached hydrogen (secondary N) is 2. The van der Waals surface area contributed by atoms with Crippen LogP contribution in [0.3, 0.4) is 0 Å². The van der Waals surface area contributed by atoms with Crippen LogP contribution in [0.4, 0.5) is 14.5 Å². The van der Waals surface area contributed by atoms with Gasteiger partial charge in [0.15, 0.2) is 0 Å². The van der Waals surface area contributed by atoms with Crippen molar-refractivity contribution in [2.24, 2.45) is 5.92 Å². The van der Waals surface area contributed by atoms with E-state index in [1.807, 2.05) is 48.0 Å². The van der Waals surface area contributed by atoms with Crippen molar-refractivity contribution in [3.05, 3.63) is 89.8 Å². The maximum absolute atomic E-state index is 14.0. The molecule has 34 heavy (non-hydrogen) atoms. The second kappa shape index (κ2) is 9.43. The first kappa shape index (κ1) is 23.1. The summed E-state index contributed by atoms with van der Waals surface area (Å²) in [4.78, 5) is 30.0. The number of aryl methyl sites for hydroxylation is 1. The zero-order valence-corrected chi connectivity index (χ0v) is 19.0. The summed E-state index contributed by atoms with van der Waals surface area (Å²) in [6, 6.07) is 13.3. The Morgan fingerprint density at radius 1 is 0.971 bits per heavy atom. The monoisotopic (exact) mass is 462 g/mol. The number of aromatic nitrogens is 2. The number of hydrogen-bond acceptors (Lipinski definition) is 3. The molecule has 1 atom stereocenters. The fourth-order valence-corrected chi connectivity index (χ4v) is 3.70. The van der Waals surface area contributed by atoms with Gasteiger partial charge in [-0.2, -0.15) is 0 Å². The molecule has 0 saturated heterocycles. The van der Waals surface area contributed by atoms with Crippen LogP contribution in [0.5, 0.6) is 0 Å². The van der Waals surface area contributed by atoms with Crippen LogP contribution in [0.2, 0.25) is 0 Å². The Morgan fingerprint density at radius 2 is 1.65 bits per heavy atom. The molecule has 2 heterocycles. The van der Waals surface area contributed by atoms with E-state index in [2.05, 4.69) is 15.6 Å². The third-order valence-corrected chi connectivity index (χ3v) is 5.55. The lowest BCUT2D eigenvalue weighted by molar-refractivity contribution is -0.118. The third kappa shape index (κ3) is 4.66. The minimum atomic E-state index is -0.993. The highest BCUT2D eigenvalue weighted by atomic mass is 19.1. The van der Waals surface area contributed by atoms with Gasteiger partial charge in [0.2, 0.25) is 5.91 Å². The Morgan fingerprint density at radius 3 is 2.26 bits per heavy atom. The summed E-state index contributed by atoms with van der Waals surface area (Å²) in [5, 5.41) is 5.21. The van der Waals surface area contributed by atoms with Crippen molar-refractivity contribution in [3.63, 3.8) is 0 Å². The van der Waals surface area contributed by atoms with Crippen LogP contribution in [-0.4, -0.2) is 27.2 Å². The maximum atomic E-state index is 14.0. The van der Waals surface area contributed by atoms with E-state index in [1.54, 1.807) is 26.0 Å². The van der Waals surface area contributed by atoms with Gasteiger partial charge < -0.3 is 15.0 Å². The number of anilines is 1. The Labute approximate surface area is 195 Å². The summed E-state index contributed by atoms with van der Waals surface area (Å²) >= 11 is 0. The van der Waals surface area contributed by atoms with Gasteiger partial charge in [0.05, 0.1) is 5.69 Å². The zero-order valence-electron chi connectivity index (χ0n) is 19.0. The van der Waals surface area contributed by atoms with Gasteiger partial charge in [-0.3, -0.25) is 9.59 Å². The van der Waals surface area contributed by atoms with E-state index in [4.69, 9.17) is 0 Å². The Balaban J connectivity index is 1.48. The maximum Gasteiger partial charge on any atom is 0.257 e. The standard InChI is InChI=1S/C26H24F2N4O2/c1-15(2)23(31-25(33)22-19(27)7-4-8-20(22)28)26(34)29-18-11-9-17(10-12-18)21-14-32-13-5-6-16(3)24(32)30-21/h4-15,23H,1-3H3,(H,29,34)(H,31,33)/t23-/m0/s1. The van der Waals surface area contributed by atoms with Crippen molar-refractivity contribution in [2.75, 3.05) is 5.32 Å². The van der Waals surface area contributed by atoms with Gasteiger partial charge in [0.25, 0.3) is 5.91 Å². The molecule has 8 heteroatoms. The van der Waals surface area contributed by atoms with Crippen molar-refractivity contribution in [2.45, 2.75) is 26.8 Å². The Bertz CT molecular complexity index is 1340. The summed E-state index contributed by atoms with van der Waals surface area (Å²) in [6.45, 7) is 5.46. The molecule has 4 rings (SSSR count). The predicted octanol–water partition coefficient (Wildman–Crippen LogP) is 4.98. The lowest BCUT2D eigenvalue weighted by Crippen LogP contribution is -2.47. The topological polar surface area (TPSA) is 75.5 Å². The number of amides is 2. The number of nitrogens with zero attached hydrogens (tertiary/aromatic N) is 2. The molecule has 0 spiro atoms. The minimum absolute atomic E-state index is 0.320. The first-order chi connectivity index (χ1) is 16.2. The lowest BCUT2D eigenvalue weighted by Gasteiger charge is -2.22. The van der Waals surface area contributed by atoms with Crippen LogP contribution < -0.4 is 10.6 Å². The Hall–Kier alpha value is -4.07. The van der Waals surface area contributed by atoms with E-state index < -0.39 is 35.1 Å². The number of fused-ring (bicyclic) bond motifs is 1. The molecule has 0 aliphatic rings. The number of pyridine rings is 1. The van der Waals surface area contributed by atoms with Crippen LogP contribution in [0.25, 0.3) is 16.9 Å². The molecule has 2 amide bonds. The van der Waals surface area contributed by atoms with Crippen LogP contribution in [0.15, 0.2) is 67.0 Å². The first-order valence-corrected chi connectivity index (χ1v) is 10.8. The molecule has 0 saturated carbocycles. The van der Waals surface area contributed by atoms with E-state index in [1.165, 1.54) is 6.07 Å². The molecule has 0 unspecified atom stereocenters. The van der Waals surface area contributed by atoms with Crippen molar-refractivity contribution in [3.8, 4) is 11.3 Å². The van der Waals surface area contributed by atoms with Crippen LogP contribution in [0.1, 0.15) is 29.8 Å². The SMILES string of the molecule is Cc1cccn2cc(-c3ccc(NC(=O)[C@@H](NC(=O)c4c(F)cccc4F)C(C)C)cc3)nc12. The average molecular weight is 463 g/mol. The second-order valence-electron chi connectivity index (χ2n) is 8.41. The minimum Gasteiger partial charge on any atom is -0.340 e. The number of imidazole rings is 1. The third-order valence-electron chi connectivity index (χ3n) is 5.55. The summed E-state index contributed by atoms with van der Waals surface area (Å²) in [7, 11) is 0. The van der Waals surface area contributed by atoms with Gasteiger partial charge in [-0.25, -0.2) is 13.8 Å². The van der Waals surface area contributed by atoms with E-state index in [0.29, 0.717) is 5.69 Å². The molecule has 174 valence electrons. The van der Waals surface area contributed by atoms with E-state index >= 15 is 0 Å². The van der Waals surface area contributed by atoms with Crippen molar-refractivity contribution >= 4 is 23.1 Å². The number of carbonyl (C=O) groups excluding carboxylic acids is 2. The van der Waals surface area contributed by atoms with Gasteiger partial charge in [-0.05, 0) is 48.7 Å². The molecule has 0 aliphatic heterocycles. The fourth-order valence-electron chi connectivity index (χ4n) is 3.70. The Kier molecular flexibility index (Phi) is 6.40. The van der Waals surface area contributed by atoms with Gasteiger partial charge in [0, 0.05) is 23.6 Å². The number of carbonyl (C=O) groups is 2. The molecule has 0 radical (unpaired) electrons. The highest BCUT2D eigenvalue weighted by Gasteiger charge is 2.27. The molecule has 0 fully saturated rings. The molecular weight excluding hydrogens is 438 g/mol. The van der Waals surface area contributed by atoms with Crippen LogP contribution >= 0.6 is 0 Å². The van der Waals surface area contributed by atoms with Crippen molar-refractivity contribution < 1.29 is 18.4 Å². The highest BCUT2D eigenvalue weighted by molar-refractivity contribution is 6.01. The molecule has 0 aliphatic carbocycles. The van der Waals surface area contributed by atoms with Crippen molar-refractivity contribution in [1.29, 1.82) is 0 Å². The molecule has 0 bridgehead atoms. The number of hydrogen-bond donors (Lipinski definition) is 2. The van der Waals surface area contributed by atoms with E-state index in [0.717, 1.165) is 34.6 Å². The van der Waals surface area contributed by atoms with E-state index in [-0.39, 0.29) is 5.92 Å². The summed E-state index contributed by atoms with van der Waals surface area (Å²) < 4.78 is 29.9. The number of halogens is 2. The molecule has 4 aromatic rings. The normalized spacial score (nSPS) is 12.1. The second-order valence-corrected chi connectivity index (χ2v) is 8.41. The molecule has 2 aromatic carbocycles.